The minimum absolute atomic E-state index is 0.0420. The Morgan fingerprint density at radius 3 is 2.29 bits per heavy atom. The van der Waals surface area contributed by atoms with Gasteiger partial charge >= 0.3 is 0 Å². The van der Waals surface area contributed by atoms with Gasteiger partial charge in [0.15, 0.2) is 0 Å². The van der Waals surface area contributed by atoms with Crippen molar-refractivity contribution in [3.63, 3.8) is 0 Å². The van der Waals surface area contributed by atoms with Gasteiger partial charge in [0.25, 0.3) is 0 Å². The smallest absolute Gasteiger partial charge is 0.243 e. The Kier molecular flexibility index (Phi) is 6.37. The van der Waals surface area contributed by atoms with Crippen LogP contribution >= 0.6 is 0 Å². The van der Waals surface area contributed by atoms with E-state index in [1.807, 2.05) is 54.6 Å². The molecule has 0 bridgehead atoms. The van der Waals surface area contributed by atoms with E-state index in [1.54, 1.807) is 12.0 Å². The zero-order valence-electron chi connectivity index (χ0n) is 14.0. The number of anilines is 1. The van der Waals surface area contributed by atoms with Gasteiger partial charge in [0, 0.05) is 19.2 Å². The third kappa shape index (κ3) is 5.43. The van der Waals surface area contributed by atoms with E-state index in [0.717, 1.165) is 17.0 Å². The number of amides is 2. The lowest BCUT2D eigenvalue weighted by Crippen LogP contribution is -2.37. The van der Waals surface area contributed by atoms with Crippen LogP contribution in [0.15, 0.2) is 54.6 Å². The highest BCUT2D eigenvalue weighted by Gasteiger charge is 2.13. The first kappa shape index (κ1) is 17.5. The van der Waals surface area contributed by atoms with Gasteiger partial charge in [0.1, 0.15) is 5.75 Å². The van der Waals surface area contributed by atoms with Crippen LogP contribution in [-0.4, -0.2) is 36.9 Å². The third-order valence-electron chi connectivity index (χ3n) is 3.67. The van der Waals surface area contributed by atoms with Crippen LogP contribution in [0.5, 0.6) is 5.75 Å². The van der Waals surface area contributed by atoms with Crippen LogP contribution in [0.2, 0.25) is 0 Å². The molecule has 0 spiro atoms. The Balaban J connectivity index is 1.89. The fourth-order valence-electron chi connectivity index (χ4n) is 2.30. The molecule has 0 saturated heterocycles. The van der Waals surface area contributed by atoms with Crippen LogP contribution in [0, 0.1) is 0 Å². The molecule has 0 aliphatic heterocycles. The summed E-state index contributed by atoms with van der Waals surface area (Å²) < 4.78 is 5.12. The second kappa shape index (κ2) is 8.72. The van der Waals surface area contributed by atoms with Crippen molar-refractivity contribution in [2.75, 3.05) is 25.5 Å². The Bertz CT molecular complexity index is 669. The number of nitrogens with one attached hydrogen (secondary N) is 1. The maximum absolute atomic E-state index is 12.1. The van der Waals surface area contributed by atoms with E-state index in [9.17, 15) is 9.59 Å². The summed E-state index contributed by atoms with van der Waals surface area (Å²) >= 11 is 0. The lowest BCUT2D eigenvalue weighted by Gasteiger charge is -2.20. The van der Waals surface area contributed by atoms with Crippen LogP contribution < -0.4 is 10.1 Å². The van der Waals surface area contributed by atoms with E-state index >= 15 is 0 Å². The summed E-state index contributed by atoms with van der Waals surface area (Å²) in [4.78, 5) is 25.4. The number of nitrogens with zero attached hydrogens (tertiary/aromatic N) is 1. The molecular formula is C19H22N2O3. The van der Waals surface area contributed by atoms with Gasteiger partial charge in [-0.05, 0) is 36.2 Å². The number of ether oxygens (including phenoxy) is 1. The predicted octanol–water partition coefficient (Wildman–Crippen LogP) is 2.72. The van der Waals surface area contributed by atoms with E-state index in [4.69, 9.17) is 4.74 Å². The average Bonchev–Trinajstić information content (AvgIpc) is 2.59. The number of benzene rings is 2. The van der Waals surface area contributed by atoms with E-state index in [1.165, 1.54) is 6.92 Å². The first-order chi connectivity index (χ1) is 11.6. The molecule has 5 nitrogen and oxygen atoms in total. The monoisotopic (exact) mass is 326 g/mol. The second-order valence-electron chi connectivity index (χ2n) is 5.45. The average molecular weight is 326 g/mol. The molecule has 5 heteroatoms. The minimum Gasteiger partial charge on any atom is -0.497 e. The van der Waals surface area contributed by atoms with Crippen molar-refractivity contribution in [2.24, 2.45) is 0 Å². The quantitative estimate of drug-likeness (QED) is 0.851. The maximum atomic E-state index is 12.1. The molecular weight excluding hydrogens is 304 g/mol. The summed E-state index contributed by atoms with van der Waals surface area (Å²) in [6, 6.07) is 16.9. The van der Waals surface area contributed by atoms with Crippen molar-refractivity contribution < 1.29 is 14.3 Å². The SMILES string of the molecule is COc1ccc(CCN(CC(=O)Nc2ccccc2)C(C)=O)cc1. The molecule has 1 N–H and O–H groups in total. The van der Waals surface area contributed by atoms with Gasteiger partial charge in [0.2, 0.25) is 11.8 Å². The van der Waals surface area contributed by atoms with Gasteiger partial charge in [-0.3, -0.25) is 9.59 Å². The molecule has 2 amide bonds. The van der Waals surface area contributed by atoms with Crippen molar-refractivity contribution in [1.82, 2.24) is 4.90 Å². The molecule has 0 atom stereocenters. The van der Waals surface area contributed by atoms with Crippen LogP contribution in [-0.2, 0) is 16.0 Å². The highest BCUT2D eigenvalue weighted by atomic mass is 16.5. The van der Waals surface area contributed by atoms with Gasteiger partial charge < -0.3 is 15.0 Å². The highest BCUT2D eigenvalue weighted by Crippen LogP contribution is 2.12. The number of rotatable bonds is 7. The summed E-state index contributed by atoms with van der Waals surface area (Å²) in [5.74, 6) is 0.474. The zero-order chi connectivity index (χ0) is 17.4. The maximum Gasteiger partial charge on any atom is 0.243 e. The molecule has 2 rings (SSSR count). The van der Waals surface area contributed by atoms with E-state index in [-0.39, 0.29) is 18.4 Å². The molecule has 0 radical (unpaired) electrons. The van der Waals surface area contributed by atoms with E-state index in [2.05, 4.69) is 5.32 Å². The summed E-state index contributed by atoms with van der Waals surface area (Å²) in [5, 5.41) is 2.79. The third-order valence-corrected chi connectivity index (χ3v) is 3.67. The number of carbonyl (C=O) groups excluding carboxylic acids is 2. The number of carbonyl (C=O) groups is 2. The normalized spacial score (nSPS) is 10.1. The fourth-order valence-corrected chi connectivity index (χ4v) is 2.30. The molecule has 0 fully saturated rings. The summed E-state index contributed by atoms with van der Waals surface area (Å²) in [6.45, 7) is 2.01. The van der Waals surface area contributed by atoms with Gasteiger partial charge in [-0.15, -0.1) is 0 Å². The first-order valence-electron chi connectivity index (χ1n) is 7.82. The zero-order valence-corrected chi connectivity index (χ0v) is 14.0. The largest absolute Gasteiger partial charge is 0.497 e. The van der Waals surface area contributed by atoms with E-state index < -0.39 is 0 Å². The number of methoxy groups -OCH3 is 1. The topological polar surface area (TPSA) is 58.6 Å². The van der Waals surface area contributed by atoms with Gasteiger partial charge in [0.05, 0.1) is 13.7 Å². The van der Waals surface area contributed by atoms with Crippen molar-refractivity contribution in [3.8, 4) is 5.75 Å². The van der Waals surface area contributed by atoms with Crippen molar-refractivity contribution in [1.29, 1.82) is 0 Å². The van der Waals surface area contributed by atoms with Gasteiger partial charge in [-0.1, -0.05) is 30.3 Å². The van der Waals surface area contributed by atoms with Crippen molar-refractivity contribution in [3.05, 3.63) is 60.2 Å². The van der Waals surface area contributed by atoms with Crippen LogP contribution in [0.1, 0.15) is 12.5 Å². The summed E-state index contributed by atoms with van der Waals surface area (Å²) in [6.07, 6.45) is 0.683. The van der Waals surface area contributed by atoms with Crippen LogP contribution in [0.4, 0.5) is 5.69 Å². The number of hydrogen-bond donors (Lipinski definition) is 1. The molecule has 0 saturated carbocycles. The fraction of sp³-hybridized carbons (Fsp3) is 0.263. The molecule has 2 aromatic carbocycles. The number of para-hydroxylation sites is 1. The van der Waals surface area contributed by atoms with Crippen molar-refractivity contribution in [2.45, 2.75) is 13.3 Å². The van der Waals surface area contributed by atoms with Crippen molar-refractivity contribution >= 4 is 17.5 Å². The second-order valence-corrected chi connectivity index (χ2v) is 5.45. The molecule has 0 unspecified atom stereocenters. The Morgan fingerprint density at radius 1 is 1.04 bits per heavy atom. The molecule has 0 heterocycles. The number of hydrogen-bond acceptors (Lipinski definition) is 3. The van der Waals surface area contributed by atoms with Crippen LogP contribution in [0.3, 0.4) is 0 Å². The molecule has 24 heavy (non-hydrogen) atoms. The van der Waals surface area contributed by atoms with Gasteiger partial charge in [-0.2, -0.15) is 0 Å². The Hall–Kier alpha value is -2.82. The molecule has 0 aliphatic carbocycles. The minimum atomic E-state index is -0.203. The van der Waals surface area contributed by atoms with E-state index in [0.29, 0.717) is 13.0 Å². The first-order valence-corrected chi connectivity index (χ1v) is 7.82. The highest BCUT2D eigenvalue weighted by molar-refractivity contribution is 5.94. The molecule has 2 aromatic rings. The summed E-state index contributed by atoms with van der Waals surface area (Å²) in [7, 11) is 1.62. The lowest BCUT2D eigenvalue weighted by atomic mass is 10.1. The predicted molar refractivity (Wildman–Crippen MR) is 94.0 cm³/mol. The Labute approximate surface area is 142 Å². The van der Waals surface area contributed by atoms with Crippen LogP contribution in [0.25, 0.3) is 0 Å². The Morgan fingerprint density at radius 2 is 1.71 bits per heavy atom. The molecule has 0 aromatic heterocycles. The standard InChI is InChI=1S/C19H22N2O3/c1-15(22)21(13-12-16-8-10-18(24-2)11-9-16)14-19(23)20-17-6-4-3-5-7-17/h3-11H,12-14H2,1-2H3,(H,20,23). The molecule has 126 valence electrons. The summed E-state index contributed by atoms with van der Waals surface area (Å²) in [5.41, 5.74) is 1.81. The molecule has 0 aliphatic rings. The lowest BCUT2D eigenvalue weighted by molar-refractivity contribution is -0.132. The van der Waals surface area contributed by atoms with Gasteiger partial charge in [-0.25, -0.2) is 0 Å².